The Labute approximate surface area is 144 Å². The number of hydrogen-bond donors (Lipinski definition) is 2. The average molecular weight is 409 g/mol. The number of fused-ring (bicyclic) bond motifs is 1. The molecule has 1 aromatic rings. The first kappa shape index (κ1) is 17.1. The minimum Gasteiger partial charge on any atom is -0.389 e. The van der Waals surface area contributed by atoms with E-state index < -0.39 is 33.5 Å². The highest BCUT2D eigenvalue weighted by Crippen LogP contribution is 2.77. The number of halogens is 4. The largest absolute Gasteiger partial charge is 0.389 e. The maximum Gasteiger partial charge on any atom is 0.273 e. The van der Waals surface area contributed by atoms with Crippen LogP contribution in [0, 0.1) is 11.7 Å². The molecule has 1 heterocycles. The zero-order valence-corrected chi connectivity index (χ0v) is 15.1. The first-order valence-electron chi connectivity index (χ1n) is 6.98. The summed E-state index contributed by atoms with van der Waals surface area (Å²) in [6, 6.07) is 4.12. The highest BCUT2D eigenvalue weighted by Gasteiger charge is 2.91. The summed E-state index contributed by atoms with van der Waals surface area (Å²) >= 11 is 3.91. The molecule has 3 N–H and O–H groups in total. The predicted molar refractivity (Wildman–Crippen MR) is 88.1 cm³/mol. The number of aliphatic hydroxyl groups is 1. The van der Waals surface area contributed by atoms with E-state index in [0.717, 1.165) is 0 Å². The molecule has 0 spiro atoms. The van der Waals surface area contributed by atoms with E-state index in [4.69, 9.17) is 5.73 Å². The molecule has 3 rings (SSSR count). The monoisotopic (exact) mass is 408 g/mol. The van der Waals surface area contributed by atoms with Crippen LogP contribution < -0.4 is 5.73 Å². The van der Waals surface area contributed by atoms with Crippen molar-refractivity contribution >= 4 is 32.9 Å². The summed E-state index contributed by atoms with van der Waals surface area (Å²) in [5.41, 5.74) is 2.55. The normalized spacial score (nSPS) is 35.5. The lowest BCUT2D eigenvalue weighted by atomic mass is 9.83. The molecule has 3 nitrogen and oxygen atoms in total. The minimum atomic E-state index is -3.23. The van der Waals surface area contributed by atoms with Crippen LogP contribution in [-0.4, -0.2) is 26.5 Å². The van der Waals surface area contributed by atoms with Crippen molar-refractivity contribution in [1.29, 1.82) is 0 Å². The van der Waals surface area contributed by atoms with E-state index in [2.05, 4.69) is 20.9 Å². The minimum absolute atomic E-state index is 0.0333. The van der Waals surface area contributed by atoms with Crippen LogP contribution >= 0.6 is 27.7 Å². The van der Waals surface area contributed by atoms with Gasteiger partial charge in [-0.15, -0.1) is 0 Å². The highest BCUT2D eigenvalue weighted by atomic mass is 79.9. The van der Waals surface area contributed by atoms with Crippen molar-refractivity contribution in [2.75, 3.05) is 0 Å². The Morgan fingerprint density at radius 2 is 2.00 bits per heavy atom. The Kier molecular flexibility index (Phi) is 3.47. The number of hydrogen-bond acceptors (Lipinski definition) is 4. The van der Waals surface area contributed by atoms with Crippen molar-refractivity contribution in [2.45, 2.75) is 42.6 Å². The van der Waals surface area contributed by atoms with Gasteiger partial charge in [0.1, 0.15) is 10.6 Å². The molecule has 126 valence electrons. The number of alkyl halides is 2. The molecule has 1 saturated carbocycles. The van der Waals surface area contributed by atoms with Gasteiger partial charge >= 0.3 is 0 Å². The second-order valence-corrected chi connectivity index (χ2v) is 8.86. The van der Waals surface area contributed by atoms with E-state index in [1.807, 2.05) is 0 Å². The maximum atomic E-state index is 14.8. The fraction of sp³-hybridized carbons (Fsp3) is 0.533. The second kappa shape index (κ2) is 4.67. The third-order valence-corrected chi connectivity index (χ3v) is 6.86. The van der Waals surface area contributed by atoms with Gasteiger partial charge in [0.25, 0.3) is 5.92 Å². The van der Waals surface area contributed by atoms with E-state index in [1.54, 1.807) is 0 Å². The van der Waals surface area contributed by atoms with Gasteiger partial charge in [-0.25, -0.2) is 13.2 Å². The van der Waals surface area contributed by atoms with Gasteiger partial charge < -0.3 is 10.8 Å². The van der Waals surface area contributed by atoms with Crippen LogP contribution in [-0.2, 0) is 5.54 Å². The molecular weight excluding hydrogens is 393 g/mol. The summed E-state index contributed by atoms with van der Waals surface area (Å²) in [6.45, 7) is 4.09. The first-order valence-corrected chi connectivity index (χ1v) is 8.59. The Morgan fingerprint density at radius 3 is 2.57 bits per heavy atom. The SMILES string of the molecule is CC(C)(O)[C@@]12SC(N)=N[C@](C)(c3cc(Br)ccc3F)[C@@H]1C2(F)F. The highest BCUT2D eigenvalue weighted by molar-refractivity contribution is 9.10. The number of amidine groups is 1. The van der Waals surface area contributed by atoms with Gasteiger partial charge in [-0.05, 0) is 39.0 Å². The Morgan fingerprint density at radius 1 is 1.39 bits per heavy atom. The van der Waals surface area contributed by atoms with Crippen molar-refractivity contribution in [3.63, 3.8) is 0 Å². The fourth-order valence-corrected chi connectivity index (χ4v) is 5.59. The topological polar surface area (TPSA) is 58.6 Å². The quantitative estimate of drug-likeness (QED) is 0.785. The molecule has 0 radical (unpaired) electrons. The zero-order valence-electron chi connectivity index (χ0n) is 12.7. The molecular formula is C15H16BrF3N2OS. The molecule has 1 fully saturated rings. The third kappa shape index (κ3) is 2.04. The molecule has 2 aliphatic rings. The van der Waals surface area contributed by atoms with Gasteiger partial charge in [0.15, 0.2) is 5.17 Å². The molecule has 1 aliphatic carbocycles. The number of nitrogens with two attached hydrogens (primary N) is 1. The van der Waals surface area contributed by atoms with Crippen molar-refractivity contribution < 1.29 is 18.3 Å². The van der Waals surface area contributed by atoms with Gasteiger partial charge in [-0.3, -0.25) is 4.99 Å². The lowest BCUT2D eigenvalue weighted by Gasteiger charge is -2.37. The van der Waals surface area contributed by atoms with Crippen molar-refractivity contribution in [3.8, 4) is 0 Å². The van der Waals surface area contributed by atoms with E-state index in [0.29, 0.717) is 16.2 Å². The maximum absolute atomic E-state index is 14.8. The Hall–Kier alpha value is -0.730. The van der Waals surface area contributed by atoms with E-state index >= 15 is 0 Å². The number of thioether (sulfide) groups is 1. The van der Waals surface area contributed by atoms with Gasteiger partial charge in [0, 0.05) is 10.0 Å². The third-order valence-electron chi connectivity index (χ3n) is 4.73. The van der Waals surface area contributed by atoms with Crippen LogP contribution in [0.5, 0.6) is 0 Å². The van der Waals surface area contributed by atoms with Crippen LogP contribution in [0.3, 0.4) is 0 Å². The van der Waals surface area contributed by atoms with Crippen LogP contribution in [0.15, 0.2) is 27.7 Å². The molecule has 1 aromatic carbocycles. The van der Waals surface area contributed by atoms with Gasteiger partial charge in [-0.2, -0.15) is 0 Å². The average Bonchev–Trinajstić information content (AvgIpc) is 2.90. The molecule has 0 unspecified atom stereocenters. The summed E-state index contributed by atoms with van der Waals surface area (Å²) in [5.74, 6) is -5.22. The first-order chi connectivity index (χ1) is 10.4. The predicted octanol–water partition coefficient (Wildman–Crippen LogP) is 3.64. The Bertz CT molecular complexity index is 721. The summed E-state index contributed by atoms with van der Waals surface area (Å²) in [6.07, 6.45) is 0. The van der Waals surface area contributed by atoms with Crippen LogP contribution in [0.2, 0.25) is 0 Å². The van der Waals surface area contributed by atoms with E-state index in [-0.39, 0.29) is 10.7 Å². The lowest BCUT2D eigenvalue weighted by molar-refractivity contribution is 0.0124. The molecule has 0 saturated heterocycles. The van der Waals surface area contributed by atoms with Crippen molar-refractivity contribution in [3.05, 3.63) is 34.1 Å². The number of rotatable bonds is 2. The molecule has 23 heavy (non-hydrogen) atoms. The summed E-state index contributed by atoms with van der Waals surface area (Å²) in [5, 5.41) is 10.3. The smallest absolute Gasteiger partial charge is 0.273 e. The number of benzene rings is 1. The van der Waals surface area contributed by atoms with Crippen LogP contribution in [0.1, 0.15) is 26.3 Å². The molecule has 0 aromatic heterocycles. The Balaban J connectivity index is 2.24. The summed E-state index contributed by atoms with van der Waals surface area (Å²) < 4.78 is 42.7. The van der Waals surface area contributed by atoms with Gasteiger partial charge in [-0.1, -0.05) is 27.7 Å². The lowest BCUT2D eigenvalue weighted by Crippen LogP contribution is -2.47. The van der Waals surface area contributed by atoms with Crippen molar-refractivity contribution in [2.24, 2.45) is 16.6 Å². The van der Waals surface area contributed by atoms with Crippen LogP contribution in [0.4, 0.5) is 13.2 Å². The second-order valence-electron chi connectivity index (χ2n) is 6.67. The number of nitrogens with zero attached hydrogens (tertiary/aromatic N) is 1. The zero-order chi connectivity index (χ0) is 17.4. The summed E-state index contributed by atoms with van der Waals surface area (Å²) in [7, 11) is 0. The van der Waals surface area contributed by atoms with E-state index in [9.17, 15) is 18.3 Å². The molecule has 0 amide bonds. The van der Waals surface area contributed by atoms with Crippen LogP contribution in [0.25, 0.3) is 0 Å². The van der Waals surface area contributed by atoms with E-state index in [1.165, 1.54) is 39.0 Å². The fourth-order valence-electron chi connectivity index (χ4n) is 3.72. The van der Waals surface area contributed by atoms with Crippen molar-refractivity contribution in [1.82, 2.24) is 0 Å². The molecule has 1 aliphatic heterocycles. The standard InChI is InChI=1S/C15H16BrF3N2OS/c1-12(2,22)14-10(15(14,18)19)13(3,21-11(20)23-14)8-6-7(16)4-5-9(8)17/h4-6,10,22H,1-3H3,(H2,20,21)/t10-,13+,14-/m0/s1. The molecule has 3 atom stereocenters. The van der Waals surface area contributed by atoms with Gasteiger partial charge in [0.05, 0.1) is 17.1 Å². The summed E-state index contributed by atoms with van der Waals surface area (Å²) in [4.78, 5) is 4.17. The molecule has 8 heteroatoms. The molecule has 0 bridgehead atoms. The number of aliphatic imine (C=N–C) groups is 1. The van der Waals surface area contributed by atoms with Gasteiger partial charge in [0.2, 0.25) is 0 Å².